The van der Waals surface area contributed by atoms with Crippen LogP contribution in [0.25, 0.3) is 10.9 Å². The second-order valence-corrected chi connectivity index (χ2v) is 7.10. The standard InChI is InChI=1S/C19H23F3N2O/c20-19(21,22)16-13-25-18(16)15-12-24(17-7-3-2-6-14(15)17)11-10-23-8-4-1-5-9-23/h2-3,6-7,12,16,18H,1,4-5,8-11,13H2. The van der Waals surface area contributed by atoms with E-state index in [1.165, 1.54) is 19.3 Å². The van der Waals surface area contributed by atoms with Crippen LogP contribution in [-0.4, -0.2) is 41.9 Å². The highest BCUT2D eigenvalue weighted by atomic mass is 19.4. The van der Waals surface area contributed by atoms with E-state index in [4.69, 9.17) is 4.74 Å². The predicted octanol–water partition coefficient (Wildman–Crippen LogP) is 4.38. The van der Waals surface area contributed by atoms with Gasteiger partial charge in [-0.3, -0.25) is 0 Å². The van der Waals surface area contributed by atoms with Gasteiger partial charge in [0.15, 0.2) is 0 Å². The average molecular weight is 352 g/mol. The summed E-state index contributed by atoms with van der Waals surface area (Å²) in [5, 5.41) is 0.875. The number of hydrogen-bond acceptors (Lipinski definition) is 2. The largest absolute Gasteiger partial charge is 0.396 e. The van der Waals surface area contributed by atoms with E-state index in [9.17, 15) is 13.2 Å². The van der Waals surface area contributed by atoms with Crippen LogP contribution in [0.4, 0.5) is 13.2 Å². The van der Waals surface area contributed by atoms with Gasteiger partial charge in [0.25, 0.3) is 0 Å². The molecule has 2 unspecified atom stereocenters. The molecule has 0 saturated carbocycles. The van der Waals surface area contributed by atoms with Gasteiger partial charge in [0.2, 0.25) is 0 Å². The zero-order valence-electron chi connectivity index (χ0n) is 14.1. The molecule has 0 N–H and O–H groups in total. The van der Waals surface area contributed by atoms with Crippen LogP contribution in [0, 0.1) is 5.92 Å². The molecule has 2 aliphatic rings. The van der Waals surface area contributed by atoms with Gasteiger partial charge in [0.05, 0.1) is 12.7 Å². The molecule has 136 valence electrons. The van der Waals surface area contributed by atoms with Gasteiger partial charge in [-0.25, -0.2) is 0 Å². The van der Waals surface area contributed by atoms with Gasteiger partial charge >= 0.3 is 6.18 Å². The maximum absolute atomic E-state index is 13.1. The number of halogens is 3. The molecule has 2 aromatic rings. The highest BCUT2D eigenvalue weighted by molar-refractivity contribution is 5.84. The Morgan fingerprint density at radius 2 is 1.80 bits per heavy atom. The molecule has 2 fully saturated rings. The minimum atomic E-state index is -4.21. The lowest BCUT2D eigenvalue weighted by atomic mass is 9.91. The number of aromatic nitrogens is 1. The Kier molecular flexibility index (Phi) is 4.50. The van der Waals surface area contributed by atoms with Gasteiger partial charge in [0, 0.05) is 35.8 Å². The van der Waals surface area contributed by atoms with Crippen LogP contribution in [0.15, 0.2) is 30.5 Å². The number of hydrogen-bond donors (Lipinski definition) is 0. The maximum Gasteiger partial charge on any atom is 0.396 e. The first-order chi connectivity index (χ1) is 12.0. The van der Waals surface area contributed by atoms with E-state index in [0.29, 0.717) is 5.56 Å². The quantitative estimate of drug-likeness (QED) is 0.813. The number of rotatable bonds is 4. The van der Waals surface area contributed by atoms with Crippen LogP contribution < -0.4 is 0 Å². The number of fused-ring (bicyclic) bond motifs is 1. The zero-order valence-corrected chi connectivity index (χ0v) is 14.1. The number of benzene rings is 1. The third kappa shape index (κ3) is 3.29. The van der Waals surface area contributed by atoms with E-state index in [0.717, 1.165) is 37.1 Å². The summed E-state index contributed by atoms with van der Waals surface area (Å²) >= 11 is 0. The molecular weight excluding hydrogens is 329 g/mol. The van der Waals surface area contributed by atoms with E-state index in [1.54, 1.807) is 0 Å². The van der Waals surface area contributed by atoms with Crippen molar-refractivity contribution in [3.8, 4) is 0 Å². The molecule has 0 aliphatic carbocycles. The van der Waals surface area contributed by atoms with Crippen LogP contribution in [0.2, 0.25) is 0 Å². The number of para-hydroxylation sites is 1. The van der Waals surface area contributed by atoms with Crippen molar-refractivity contribution in [3.63, 3.8) is 0 Å². The van der Waals surface area contributed by atoms with Gasteiger partial charge in [-0.15, -0.1) is 0 Å². The minimum Gasteiger partial charge on any atom is -0.372 e. The van der Waals surface area contributed by atoms with Crippen molar-refractivity contribution in [3.05, 3.63) is 36.0 Å². The summed E-state index contributed by atoms with van der Waals surface area (Å²) in [6.45, 7) is 3.74. The molecule has 0 bridgehead atoms. The molecule has 3 nitrogen and oxygen atoms in total. The predicted molar refractivity (Wildman–Crippen MR) is 90.5 cm³/mol. The second-order valence-electron chi connectivity index (χ2n) is 7.10. The summed E-state index contributed by atoms with van der Waals surface area (Å²) < 4.78 is 46.8. The van der Waals surface area contributed by atoms with Gasteiger partial charge in [0.1, 0.15) is 5.92 Å². The Hall–Kier alpha value is -1.53. The maximum atomic E-state index is 13.1. The van der Waals surface area contributed by atoms with Crippen molar-refractivity contribution >= 4 is 10.9 Å². The monoisotopic (exact) mass is 352 g/mol. The SMILES string of the molecule is FC(F)(F)C1COC1c1cn(CCN2CCCCC2)c2ccccc12. The van der Waals surface area contributed by atoms with Crippen LogP contribution in [0.3, 0.4) is 0 Å². The van der Waals surface area contributed by atoms with Crippen LogP contribution in [0.1, 0.15) is 30.9 Å². The average Bonchev–Trinajstić information content (AvgIpc) is 2.90. The van der Waals surface area contributed by atoms with E-state index < -0.39 is 18.2 Å². The van der Waals surface area contributed by atoms with Gasteiger partial charge < -0.3 is 14.2 Å². The number of nitrogens with zero attached hydrogens (tertiary/aromatic N) is 2. The van der Waals surface area contributed by atoms with Crippen LogP contribution in [0.5, 0.6) is 0 Å². The fourth-order valence-corrected chi connectivity index (χ4v) is 3.98. The molecule has 3 heterocycles. The molecule has 2 aliphatic heterocycles. The third-order valence-electron chi connectivity index (χ3n) is 5.47. The van der Waals surface area contributed by atoms with Crippen LogP contribution in [-0.2, 0) is 11.3 Å². The Morgan fingerprint density at radius 1 is 1.04 bits per heavy atom. The molecule has 0 radical (unpaired) electrons. The molecule has 25 heavy (non-hydrogen) atoms. The van der Waals surface area contributed by atoms with E-state index in [2.05, 4.69) is 9.47 Å². The topological polar surface area (TPSA) is 17.4 Å². The van der Waals surface area contributed by atoms with Crippen molar-refractivity contribution in [2.75, 3.05) is 26.2 Å². The zero-order chi connectivity index (χ0) is 17.4. The summed E-state index contributed by atoms with van der Waals surface area (Å²) in [4.78, 5) is 2.44. The molecular formula is C19H23F3N2O. The lowest BCUT2D eigenvalue weighted by molar-refractivity contribution is -0.276. The lowest BCUT2D eigenvalue weighted by Crippen LogP contribution is -2.42. The summed E-state index contributed by atoms with van der Waals surface area (Å²) in [7, 11) is 0. The van der Waals surface area contributed by atoms with Crippen molar-refractivity contribution < 1.29 is 17.9 Å². The Labute approximate surface area is 145 Å². The van der Waals surface area contributed by atoms with Crippen molar-refractivity contribution in [2.24, 2.45) is 5.92 Å². The van der Waals surface area contributed by atoms with Gasteiger partial charge in [-0.05, 0) is 32.0 Å². The molecule has 6 heteroatoms. The van der Waals surface area contributed by atoms with E-state index in [-0.39, 0.29) is 6.61 Å². The normalized spacial score (nSPS) is 25.2. The first-order valence-electron chi connectivity index (χ1n) is 9.02. The Balaban J connectivity index is 1.58. The highest BCUT2D eigenvalue weighted by Crippen LogP contribution is 2.47. The number of likely N-dealkylation sites (tertiary alicyclic amines) is 1. The molecule has 1 aromatic carbocycles. The first-order valence-corrected chi connectivity index (χ1v) is 9.02. The minimum absolute atomic E-state index is 0.235. The molecule has 0 amide bonds. The molecule has 0 spiro atoms. The number of alkyl halides is 3. The fourth-order valence-electron chi connectivity index (χ4n) is 3.98. The summed E-state index contributed by atoms with van der Waals surface area (Å²) in [5.74, 6) is -1.39. The Morgan fingerprint density at radius 3 is 2.48 bits per heavy atom. The van der Waals surface area contributed by atoms with Crippen molar-refractivity contribution in [2.45, 2.75) is 38.1 Å². The van der Waals surface area contributed by atoms with E-state index in [1.807, 2.05) is 30.5 Å². The Bertz CT molecular complexity index is 734. The second kappa shape index (κ2) is 6.65. The molecule has 2 saturated heterocycles. The summed E-state index contributed by atoms with van der Waals surface area (Å²) in [5.41, 5.74) is 1.66. The van der Waals surface area contributed by atoms with Gasteiger partial charge in [-0.2, -0.15) is 13.2 Å². The van der Waals surface area contributed by atoms with E-state index >= 15 is 0 Å². The first kappa shape index (κ1) is 16.9. The van der Waals surface area contributed by atoms with Crippen molar-refractivity contribution in [1.82, 2.24) is 9.47 Å². The molecule has 2 atom stereocenters. The summed E-state index contributed by atoms with van der Waals surface area (Å²) in [6, 6.07) is 7.70. The van der Waals surface area contributed by atoms with Crippen LogP contribution >= 0.6 is 0 Å². The third-order valence-corrected chi connectivity index (χ3v) is 5.47. The number of piperidine rings is 1. The number of ether oxygens (including phenoxy) is 1. The molecule has 4 rings (SSSR count). The lowest BCUT2D eigenvalue weighted by Gasteiger charge is -2.37. The highest BCUT2D eigenvalue weighted by Gasteiger charge is 2.52. The molecule has 1 aromatic heterocycles. The fraction of sp³-hybridized carbons (Fsp3) is 0.579. The van der Waals surface area contributed by atoms with Crippen molar-refractivity contribution in [1.29, 1.82) is 0 Å². The summed E-state index contributed by atoms with van der Waals surface area (Å²) in [6.07, 6.45) is 0.560. The van der Waals surface area contributed by atoms with Gasteiger partial charge in [-0.1, -0.05) is 24.6 Å². The smallest absolute Gasteiger partial charge is 0.372 e.